The van der Waals surface area contributed by atoms with Gasteiger partial charge in [-0.15, -0.1) is 0 Å². The molecule has 1 aromatic heterocycles. The molecule has 0 aliphatic carbocycles. The van der Waals surface area contributed by atoms with Gasteiger partial charge in [-0.25, -0.2) is 13.1 Å². The minimum atomic E-state index is -3.57. The predicted molar refractivity (Wildman–Crippen MR) is 91.7 cm³/mol. The van der Waals surface area contributed by atoms with Crippen molar-refractivity contribution in [1.29, 1.82) is 0 Å². The molecule has 0 fully saturated rings. The number of benzene rings is 1. The van der Waals surface area contributed by atoms with Gasteiger partial charge in [-0.2, -0.15) is 0 Å². The second kappa shape index (κ2) is 8.03. The van der Waals surface area contributed by atoms with Gasteiger partial charge in [-0.05, 0) is 31.2 Å². The molecule has 2 rings (SSSR count). The number of hydrogen-bond acceptors (Lipinski definition) is 4. The molecule has 1 heterocycles. The number of amides is 1. The van der Waals surface area contributed by atoms with Crippen LogP contribution in [0.3, 0.4) is 0 Å². The molecule has 0 saturated heterocycles. The fourth-order valence-corrected chi connectivity index (χ4v) is 3.17. The number of carbonyl (C=O) groups is 1. The van der Waals surface area contributed by atoms with Crippen molar-refractivity contribution in [1.82, 2.24) is 14.6 Å². The summed E-state index contributed by atoms with van der Waals surface area (Å²) in [5, 5.41) is 0. The van der Waals surface area contributed by atoms with Gasteiger partial charge in [-0.3, -0.25) is 9.78 Å². The van der Waals surface area contributed by atoms with Crippen molar-refractivity contribution in [2.45, 2.75) is 25.3 Å². The van der Waals surface area contributed by atoms with Crippen LogP contribution < -0.4 is 4.72 Å². The lowest BCUT2D eigenvalue weighted by Crippen LogP contribution is -2.37. The molecule has 0 radical (unpaired) electrons. The van der Waals surface area contributed by atoms with Crippen molar-refractivity contribution < 1.29 is 13.2 Å². The fourth-order valence-electron chi connectivity index (χ4n) is 2.15. The Labute approximate surface area is 142 Å². The average molecular weight is 347 g/mol. The molecule has 0 unspecified atom stereocenters. The zero-order chi connectivity index (χ0) is 17.6. The van der Waals surface area contributed by atoms with Crippen molar-refractivity contribution in [2.75, 3.05) is 13.1 Å². The van der Waals surface area contributed by atoms with Crippen LogP contribution in [-0.2, 0) is 21.4 Å². The number of sulfonamides is 1. The van der Waals surface area contributed by atoms with E-state index in [0.717, 1.165) is 11.3 Å². The number of pyridine rings is 1. The summed E-state index contributed by atoms with van der Waals surface area (Å²) in [5.74, 6) is -0.129. The van der Waals surface area contributed by atoms with Crippen LogP contribution in [0, 0.1) is 6.92 Å². The number of rotatable bonds is 7. The van der Waals surface area contributed by atoms with E-state index in [1.165, 1.54) is 6.92 Å². The molecule has 128 valence electrons. The van der Waals surface area contributed by atoms with Crippen LogP contribution in [0.5, 0.6) is 0 Å². The third-order valence-electron chi connectivity index (χ3n) is 3.53. The van der Waals surface area contributed by atoms with Gasteiger partial charge < -0.3 is 4.90 Å². The second-order valence-electron chi connectivity index (χ2n) is 5.47. The van der Waals surface area contributed by atoms with Crippen LogP contribution >= 0.6 is 0 Å². The Kier molecular flexibility index (Phi) is 6.05. The van der Waals surface area contributed by atoms with E-state index in [9.17, 15) is 13.2 Å². The quantitative estimate of drug-likeness (QED) is 0.827. The highest BCUT2D eigenvalue weighted by Crippen LogP contribution is 2.09. The molecule has 7 heteroatoms. The Morgan fingerprint density at radius 2 is 1.88 bits per heavy atom. The maximum Gasteiger partial charge on any atom is 0.240 e. The number of carbonyl (C=O) groups excluding carboxylic acids is 1. The number of nitrogens with one attached hydrogen (secondary N) is 1. The van der Waals surface area contributed by atoms with Crippen LogP contribution in [-0.4, -0.2) is 37.3 Å². The van der Waals surface area contributed by atoms with Crippen LogP contribution in [0.15, 0.2) is 53.6 Å². The molecule has 24 heavy (non-hydrogen) atoms. The molecule has 1 aromatic carbocycles. The summed E-state index contributed by atoms with van der Waals surface area (Å²) < 4.78 is 27.0. The van der Waals surface area contributed by atoms with E-state index in [4.69, 9.17) is 0 Å². The maximum atomic E-state index is 12.2. The SMILES string of the molecule is CC(=O)N(CCNS(=O)(=O)c1ccc(C)cc1)Cc1ccccn1. The second-order valence-corrected chi connectivity index (χ2v) is 7.24. The van der Waals surface area contributed by atoms with Crippen molar-refractivity contribution in [3.8, 4) is 0 Å². The Hall–Kier alpha value is -2.25. The lowest BCUT2D eigenvalue weighted by Gasteiger charge is -2.20. The van der Waals surface area contributed by atoms with E-state index in [1.807, 2.05) is 19.1 Å². The summed E-state index contributed by atoms with van der Waals surface area (Å²) in [6, 6.07) is 12.1. The van der Waals surface area contributed by atoms with E-state index >= 15 is 0 Å². The third-order valence-corrected chi connectivity index (χ3v) is 5.01. The number of nitrogens with zero attached hydrogens (tertiary/aromatic N) is 2. The molecule has 6 nitrogen and oxygen atoms in total. The Morgan fingerprint density at radius 3 is 2.46 bits per heavy atom. The molecule has 0 atom stereocenters. The van der Waals surface area contributed by atoms with Gasteiger partial charge in [0.05, 0.1) is 17.1 Å². The first-order chi connectivity index (χ1) is 11.4. The molecule has 1 amide bonds. The van der Waals surface area contributed by atoms with E-state index < -0.39 is 10.0 Å². The smallest absolute Gasteiger partial charge is 0.240 e. The normalized spacial score (nSPS) is 11.2. The monoisotopic (exact) mass is 347 g/mol. The molecule has 0 bridgehead atoms. The molecule has 0 saturated carbocycles. The van der Waals surface area contributed by atoms with Crippen molar-refractivity contribution in [3.63, 3.8) is 0 Å². The molecule has 1 N–H and O–H groups in total. The number of hydrogen-bond donors (Lipinski definition) is 1. The van der Waals surface area contributed by atoms with Crippen LogP contribution in [0.25, 0.3) is 0 Å². The third kappa shape index (κ3) is 5.14. The molecular formula is C17H21N3O3S. The van der Waals surface area contributed by atoms with Gasteiger partial charge in [0.1, 0.15) is 0 Å². The minimum Gasteiger partial charge on any atom is -0.336 e. The van der Waals surface area contributed by atoms with Crippen molar-refractivity contribution >= 4 is 15.9 Å². The molecule has 0 aliphatic heterocycles. The fraction of sp³-hybridized carbons (Fsp3) is 0.294. The van der Waals surface area contributed by atoms with Gasteiger partial charge in [0.25, 0.3) is 0 Å². The zero-order valence-electron chi connectivity index (χ0n) is 13.8. The van der Waals surface area contributed by atoms with E-state index in [-0.39, 0.29) is 23.9 Å². The molecule has 0 aliphatic rings. The summed E-state index contributed by atoms with van der Waals surface area (Å²) in [6.45, 7) is 4.12. The van der Waals surface area contributed by atoms with Gasteiger partial charge >= 0.3 is 0 Å². The highest BCUT2D eigenvalue weighted by molar-refractivity contribution is 7.89. The largest absolute Gasteiger partial charge is 0.336 e. The standard InChI is InChI=1S/C17H21N3O3S/c1-14-6-8-17(9-7-14)24(22,23)19-11-12-20(15(2)21)13-16-5-3-4-10-18-16/h3-10,19H,11-13H2,1-2H3. The zero-order valence-corrected chi connectivity index (χ0v) is 14.6. The van der Waals surface area contributed by atoms with E-state index in [0.29, 0.717) is 6.54 Å². The first kappa shape index (κ1) is 18.1. The summed E-state index contributed by atoms with van der Waals surface area (Å²) in [6.07, 6.45) is 1.66. The van der Waals surface area contributed by atoms with Gasteiger partial charge in [0, 0.05) is 26.2 Å². The van der Waals surface area contributed by atoms with E-state index in [2.05, 4.69) is 9.71 Å². The highest BCUT2D eigenvalue weighted by atomic mass is 32.2. The highest BCUT2D eigenvalue weighted by Gasteiger charge is 2.15. The van der Waals surface area contributed by atoms with Gasteiger partial charge in [-0.1, -0.05) is 23.8 Å². The predicted octanol–water partition coefficient (Wildman–Crippen LogP) is 1.72. The minimum absolute atomic E-state index is 0.129. The Balaban J connectivity index is 1.95. The maximum absolute atomic E-state index is 12.2. The summed E-state index contributed by atoms with van der Waals surface area (Å²) >= 11 is 0. The summed E-state index contributed by atoms with van der Waals surface area (Å²) in [7, 11) is -3.57. The first-order valence-electron chi connectivity index (χ1n) is 7.60. The van der Waals surface area contributed by atoms with Crippen molar-refractivity contribution in [3.05, 3.63) is 59.9 Å². The van der Waals surface area contributed by atoms with Crippen LogP contribution in [0.4, 0.5) is 0 Å². The molecular weight excluding hydrogens is 326 g/mol. The first-order valence-corrected chi connectivity index (χ1v) is 9.08. The summed E-state index contributed by atoms with van der Waals surface area (Å²) in [4.78, 5) is 17.7. The summed E-state index contributed by atoms with van der Waals surface area (Å²) in [5.41, 5.74) is 1.75. The topological polar surface area (TPSA) is 79.4 Å². The van der Waals surface area contributed by atoms with Crippen LogP contribution in [0.1, 0.15) is 18.2 Å². The average Bonchev–Trinajstić information content (AvgIpc) is 2.55. The molecule has 0 spiro atoms. The number of aromatic nitrogens is 1. The molecule has 2 aromatic rings. The lowest BCUT2D eigenvalue weighted by molar-refractivity contribution is -0.129. The van der Waals surface area contributed by atoms with Gasteiger partial charge in [0.15, 0.2) is 0 Å². The number of aryl methyl sites for hydroxylation is 1. The lowest BCUT2D eigenvalue weighted by atomic mass is 10.2. The Morgan fingerprint density at radius 1 is 1.17 bits per heavy atom. The Bertz CT molecular complexity index is 774. The van der Waals surface area contributed by atoms with Gasteiger partial charge in [0.2, 0.25) is 15.9 Å². The van der Waals surface area contributed by atoms with E-state index in [1.54, 1.807) is 41.4 Å². The van der Waals surface area contributed by atoms with Crippen molar-refractivity contribution in [2.24, 2.45) is 0 Å². The van der Waals surface area contributed by atoms with Crippen LogP contribution in [0.2, 0.25) is 0 Å².